The van der Waals surface area contributed by atoms with Gasteiger partial charge in [-0.2, -0.15) is 0 Å². The lowest BCUT2D eigenvalue weighted by atomic mass is 10.1. The molecule has 0 radical (unpaired) electrons. The van der Waals surface area contributed by atoms with Crippen LogP contribution >= 0.6 is 24.0 Å². The van der Waals surface area contributed by atoms with Gasteiger partial charge in [0.2, 0.25) is 0 Å². The van der Waals surface area contributed by atoms with Crippen LogP contribution in [0.4, 0.5) is 0 Å². The third-order valence-electron chi connectivity index (χ3n) is 3.98. The van der Waals surface area contributed by atoms with Gasteiger partial charge in [0.05, 0.1) is 25.4 Å². The smallest absolute Gasteiger partial charge is 0.191 e. The molecular weight excluding hydrogens is 429 g/mol. The molecule has 25 heavy (non-hydrogen) atoms. The first-order valence-electron chi connectivity index (χ1n) is 8.83. The molecule has 0 heterocycles. The van der Waals surface area contributed by atoms with Gasteiger partial charge < -0.3 is 20.5 Å². The van der Waals surface area contributed by atoms with Gasteiger partial charge in [-0.15, -0.1) is 24.0 Å². The van der Waals surface area contributed by atoms with Crippen molar-refractivity contribution in [2.45, 2.75) is 52.9 Å². The molecule has 6 heteroatoms. The topological polar surface area (TPSA) is 65.9 Å². The van der Waals surface area contributed by atoms with Gasteiger partial charge in [0, 0.05) is 12.6 Å². The molecule has 3 N–H and O–H groups in total. The highest BCUT2D eigenvalue weighted by Gasteiger charge is 2.12. The number of guanidine groups is 1. The maximum absolute atomic E-state index is 10.1. The van der Waals surface area contributed by atoms with E-state index in [9.17, 15) is 5.11 Å². The second-order valence-electron chi connectivity index (χ2n) is 6.44. The summed E-state index contributed by atoms with van der Waals surface area (Å²) in [4.78, 5) is 4.45. The molecule has 1 aromatic carbocycles. The Morgan fingerprint density at radius 1 is 1.16 bits per heavy atom. The molecular formula is C19H34IN3O2. The Morgan fingerprint density at radius 3 is 2.36 bits per heavy atom. The molecule has 3 atom stereocenters. The summed E-state index contributed by atoms with van der Waals surface area (Å²) in [7, 11) is 0. The first-order chi connectivity index (χ1) is 11.4. The Hall–Kier alpha value is -0.860. The van der Waals surface area contributed by atoms with Crippen molar-refractivity contribution in [1.29, 1.82) is 0 Å². The number of aliphatic hydroxyl groups is 1. The highest BCUT2D eigenvalue weighted by Crippen LogP contribution is 2.15. The van der Waals surface area contributed by atoms with Crippen molar-refractivity contribution in [2.75, 3.05) is 19.7 Å². The zero-order chi connectivity index (χ0) is 17.9. The van der Waals surface area contributed by atoms with E-state index >= 15 is 0 Å². The third kappa shape index (κ3) is 10.0. The Morgan fingerprint density at radius 2 is 1.80 bits per heavy atom. The number of aliphatic imine (C=N–C) groups is 1. The number of nitrogens with zero attached hydrogens (tertiary/aromatic N) is 1. The van der Waals surface area contributed by atoms with Crippen LogP contribution in [-0.4, -0.2) is 42.9 Å². The van der Waals surface area contributed by atoms with E-state index in [0.717, 1.165) is 18.1 Å². The zero-order valence-electron chi connectivity index (χ0n) is 16.0. The van der Waals surface area contributed by atoms with Gasteiger partial charge >= 0.3 is 0 Å². The van der Waals surface area contributed by atoms with Gasteiger partial charge in [0.1, 0.15) is 0 Å². The largest absolute Gasteiger partial charge is 0.389 e. The maximum Gasteiger partial charge on any atom is 0.191 e. The number of nitrogens with one attached hydrogen (secondary N) is 2. The average molecular weight is 463 g/mol. The quantitative estimate of drug-likeness (QED) is 0.299. The van der Waals surface area contributed by atoms with E-state index in [4.69, 9.17) is 4.74 Å². The lowest BCUT2D eigenvalue weighted by Crippen LogP contribution is -2.44. The van der Waals surface area contributed by atoms with Crippen molar-refractivity contribution >= 4 is 29.9 Å². The average Bonchev–Trinajstić information content (AvgIpc) is 2.58. The Bertz CT molecular complexity index is 483. The van der Waals surface area contributed by atoms with E-state index in [1.165, 1.54) is 0 Å². The first kappa shape index (κ1) is 24.1. The number of hydrogen-bond donors (Lipinski definition) is 3. The summed E-state index contributed by atoms with van der Waals surface area (Å²) in [5.74, 6) is 1.24. The second kappa shape index (κ2) is 13.4. The van der Waals surface area contributed by atoms with Crippen LogP contribution in [0.5, 0.6) is 0 Å². The van der Waals surface area contributed by atoms with E-state index in [1.54, 1.807) is 0 Å². The first-order valence-corrected chi connectivity index (χ1v) is 8.83. The molecule has 0 aliphatic carbocycles. The molecule has 0 spiro atoms. The van der Waals surface area contributed by atoms with Crippen LogP contribution in [0.15, 0.2) is 35.3 Å². The van der Waals surface area contributed by atoms with Crippen LogP contribution in [-0.2, 0) is 4.74 Å². The fraction of sp³-hybridized carbons (Fsp3) is 0.632. The SMILES string of the molecule is CCNC(=NCC(O)COC(C)c1ccccc1)NC(C)C(C)C.I. The molecule has 0 aliphatic rings. The molecule has 144 valence electrons. The normalized spacial score (nSPS) is 15.2. The highest BCUT2D eigenvalue weighted by atomic mass is 127. The highest BCUT2D eigenvalue weighted by molar-refractivity contribution is 14.0. The minimum absolute atomic E-state index is 0. The Balaban J connectivity index is 0.00000576. The molecule has 0 saturated carbocycles. The zero-order valence-corrected chi connectivity index (χ0v) is 18.4. The lowest BCUT2D eigenvalue weighted by molar-refractivity contribution is 0.00111. The van der Waals surface area contributed by atoms with Crippen molar-refractivity contribution in [1.82, 2.24) is 10.6 Å². The Kier molecular flexibility index (Phi) is 12.9. The fourth-order valence-electron chi connectivity index (χ4n) is 2.03. The van der Waals surface area contributed by atoms with Gasteiger partial charge in [-0.1, -0.05) is 44.2 Å². The van der Waals surface area contributed by atoms with Crippen molar-refractivity contribution in [3.8, 4) is 0 Å². The number of hydrogen-bond acceptors (Lipinski definition) is 3. The van der Waals surface area contributed by atoms with E-state index in [-0.39, 0.29) is 36.7 Å². The van der Waals surface area contributed by atoms with Crippen LogP contribution in [0, 0.1) is 5.92 Å². The van der Waals surface area contributed by atoms with E-state index in [2.05, 4.69) is 36.4 Å². The van der Waals surface area contributed by atoms with Crippen LogP contribution < -0.4 is 10.6 Å². The third-order valence-corrected chi connectivity index (χ3v) is 3.98. The lowest BCUT2D eigenvalue weighted by Gasteiger charge is -2.21. The summed E-state index contributed by atoms with van der Waals surface area (Å²) in [5, 5.41) is 16.7. The van der Waals surface area contributed by atoms with Gasteiger partial charge in [-0.05, 0) is 32.3 Å². The summed E-state index contributed by atoms with van der Waals surface area (Å²) in [5.41, 5.74) is 1.11. The van der Waals surface area contributed by atoms with Crippen molar-refractivity contribution in [2.24, 2.45) is 10.9 Å². The molecule has 1 aromatic rings. The summed E-state index contributed by atoms with van der Waals surface area (Å²) < 4.78 is 5.74. The minimum atomic E-state index is -0.624. The predicted molar refractivity (Wildman–Crippen MR) is 116 cm³/mol. The summed E-state index contributed by atoms with van der Waals surface area (Å²) >= 11 is 0. The van der Waals surface area contributed by atoms with Gasteiger partial charge in [0.25, 0.3) is 0 Å². The molecule has 0 amide bonds. The van der Waals surface area contributed by atoms with E-state index in [0.29, 0.717) is 18.5 Å². The minimum Gasteiger partial charge on any atom is -0.389 e. The van der Waals surface area contributed by atoms with Crippen LogP contribution in [0.1, 0.15) is 46.3 Å². The maximum atomic E-state index is 10.1. The number of benzene rings is 1. The van der Waals surface area contributed by atoms with Crippen LogP contribution in [0.25, 0.3) is 0 Å². The predicted octanol–water partition coefficient (Wildman–Crippen LogP) is 3.34. The summed E-state index contributed by atoms with van der Waals surface area (Å²) in [6, 6.07) is 10.3. The molecule has 5 nitrogen and oxygen atoms in total. The molecule has 3 unspecified atom stereocenters. The molecule has 0 aromatic heterocycles. The molecule has 0 saturated heterocycles. The van der Waals surface area contributed by atoms with E-state index < -0.39 is 6.10 Å². The van der Waals surface area contributed by atoms with Crippen molar-refractivity contribution in [3.63, 3.8) is 0 Å². The van der Waals surface area contributed by atoms with Gasteiger partial charge in [-0.3, -0.25) is 4.99 Å². The standard InChI is InChI=1S/C19H33N3O2.HI/c1-6-20-19(22-15(4)14(2)3)21-12-18(23)13-24-16(5)17-10-8-7-9-11-17;/h7-11,14-16,18,23H,6,12-13H2,1-5H3,(H2,20,21,22);1H. The van der Waals surface area contributed by atoms with Gasteiger partial charge in [-0.25, -0.2) is 0 Å². The number of ether oxygens (including phenoxy) is 1. The van der Waals surface area contributed by atoms with Crippen LogP contribution in [0.2, 0.25) is 0 Å². The van der Waals surface area contributed by atoms with Crippen molar-refractivity contribution in [3.05, 3.63) is 35.9 Å². The number of aliphatic hydroxyl groups excluding tert-OH is 1. The van der Waals surface area contributed by atoms with Crippen molar-refractivity contribution < 1.29 is 9.84 Å². The molecule has 0 aliphatic heterocycles. The number of halogens is 1. The van der Waals surface area contributed by atoms with Crippen LogP contribution in [0.3, 0.4) is 0 Å². The summed E-state index contributed by atoms with van der Waals surface area (Å²) in [6.45, 7) is 11.8. The molecule has 1 rings (SSSR count). The van der Waals surface area contributed by atoms with Gasteiger partial charge in [0.15, 0.2) is 5.96 Å². The summed E-state index contributed by atoms with van der Waals surface area (Å²) in [6.07, 6.45) is -0.668. The molecule has 0 bridgehead atoms. The fourth-order valence-corrected chi connectivity index (χ4v) is 2.03. The Labute approximate surface area is 169 Å². The van der Waals surface area contributed by atoms with E-state index in [1.807, 2.05) is 44.2 Å². The number of rotatable bonds is 9. The second-order valence-corrected chi connectivity index (χ2v) is 6.44. The monoisotopic (exact) mass is 463 g/mol. The molecule has 0 fully saturated rings.